The van der Waals surface area contributed by atoms with Crippen molar-refractivity contribution in [3.63, 3.8) is 0 Å². The molecule has 1 atom stereocenters. The molecule has 1 aromatic heterocycles. The number of pyridine rings is 1. The third kappa shape index (κ3) is 4.22. The van der Waals surface area contributed by atoms with Gasteiger partial charge >= 0.3 is 0 Å². The van der Waals surface area contributed by atoms with Crippen molar-refractivity contribution in [2.24, 2.45) is 0 Å². The van der Waals surface area contributed by atoms with E-state index in [0.29, 0.717) is 6.61 Å². The molecular formula is C17H22N2OS. The van der Waals surface area contributed by atoms with Gasteiger partial charge in [0.15, 0.2) is 0 Å². The molecule has 112 valence electrons. The summed E-state index contributed by atoms with van der Waals surface area (Å²) in [6.07, 6.45) is 5.75. The summed E-state index contributed by atoms with van der Waals surface area (Å²) in [6.45, 7) is 5.64. The van der Waals surface area contributed by atoms with E-state index in [4.69, 9.17) is 4.74 Å². The van der Waals surface area contributed by atoms with Gasteiger partial charge < -0.3 is 10.1 Å². The molecule has 2 aromatic rings. The van der Waals surface area contributed by atoms with Crippen LogP contribution in [-0.2, 0) is 0 Å². The quantitative estimate of drug-likeness (QED) is 0.787. The zero-order valence-corrected chi connectivity index (χ0v) is 13.6. The molecule has 0 aliphatic carbocycles. The van der Waals surface area contributed by atoms with Crippen LogP contribution in [0.4, 0.5) is 0 Å². The summed E-state index contributed by atoms with van der Waals surface area (Å²) in [5.74, 6) is 0.818. The van der Waals surface area contributed by atoms with Gasteiger partial charge in [-0.25, -0.2) is 0 Å². The maximum atomic E-state index is 5.55. The molecule has 0 radical (unpaired) electrons. The third-order valence-electron chi connectivity index (χ3n) is 3.24. The van der Waals surface area contributed by atoms with Gasteiger partial charge in [0.2, 0.25) is 0 Å². The lowest BCUT2D eigenvalue weighted by molar-refractivity contribution is 0.338. The van der Waals surface area contributed by atoms with Crippen molar-refractivity contribution >= 4 is 11.8 Å². The number of thioether (sulfide) groups is 1. The van der Waals surface area contributed by atoms with Crippen LogP contribution >= 0.6 is 11.8 Å². The zero-order valence-electron chi connectivity index (χ0n) is 12.8. The van der Waals surface area contributed by atoms with Crippen molar-refractivity contribution in [1.29, 1.82) is 0 Å². The second-order valence-corrected chi connectivity index (χ2v) is 5.53. The lowest BCUT2D eigenvalue weighted by Crippen LogP contribution is -2.22. The van der Waals surface area contributed by atoms with Crippen molar-refractivity contribution in [2.45, 2.75) is 24.8 Å². The lowest BCUT2D eigenvalue weighted by atomic mass is 10.00. The van der Waals surface area contributed by atoms with Crippen molar-refractivity contribution in [3.05, 3.63) is 53.9 Å². The van der Waals surface area contributed by atoms with E-state index in [1.165, 1.54) is 10.5 Å². The molecule has 1 aromatic carbocycles. The largest absolute Gasteiger partial charge is 0.492 e. The number of rotatable bonds is 7. The molecule has 0 aliphatic heterocycles. The Bertz CT molecular complexity index is 557. The predicted molar refractivity (Wildman–Crippen MR) is 89.1 cm³/mol. The van der Waals surface area contributed by atoms with Crippen LogP contribution in [0.5, 0.6) is 5.75 Å². The number of hydrogen-bond acceptors (Lipinski definition) is 4. The number of benzene rings is 1. The maximum absolute atomic E-state index is 5.55. The molecule has 0 saturated heterocycles. The highest BCUT2D eigenvalue weighted by atomic mass is 32.2. The Balaban J connectivity index is 2.30. The smallest absolute Gasteiger partial charge is 0.137 e. The summed E-state index contributed by atoms with van der Waals surface area (Å²) in [5, 5.41) is 3.52. The summed E-state index contributed by atoms with van der Waals surface area (Å²) in [4.78, 5) is 5.57. The second kappa shape index (κ2) is 8.05. The van der Waals surface area contributed by atoms with Crippen LogP contribution in [-0.4, -0.2) is 24.4 Å². The Morgan fingerprint density at radius 1 is 1.14 bits per heavy atom. The molecule has 0 aliphatic rings. The molecule has 1 N–H and O–H groups in total. The standard InChI is InChI=1S/C17H22N2OS/c1-4-19-17(13-6-8-16(21-3)9-7-13)14-10-15(20-5-2)12-18-11-14/h6-12,17,19H,4-5H2,1-3H3. The van der Waals surface area contributed by atoms with Crippen molar-refractivity contribution < 1.29 is 4.74 Å². The van der Waals surface area contributed by atoms with Crippen LogP contribution in [0, 0.1) is 0 Å². The van der Waals surface area contributed by atoms with E-state index in [9.17, 15) is 0 Å². The van der Waals surface area contributed by atoms with Crippen molar-refractivity contribution in [1.82, 2.24) is 10.3 Å². The Labute approximate surface area is 131 Å². The molecule has 3 nitrogen and oxygen atoms in total. The summed E-state index contributed by atoms with van der Waals surface area (Å²) in [6, 6.07) is 10.9. The molecular weight excluding hydrogens is 280 g/mol. The Morgan fingerprint density at radius 3 is 2.52 bits per heavy atom. The molecule has 0 saturated carbocycles. The molecule has 0 fully saturated rings. The lowest BCUT2D eigenvalue weighted by Gasteiger charge is -2.19. The van der Waals surface area contributed by atoms with Gasteiger partial charge in [0.25, 0.3) is 0 Å². The van der Waals surface area contributed by atoms with Crippen molar-refractivity contribution in [3.8, 4) is 5.75 Å². The van der Waals surface area contributed by atoms with E-state index in [1.54, 1.807) is 18.0 Å². The third-order valence-corrected chi connectivity index (χ3v) is 3.98. The average molecular weight is 302 g/mol. The Morgan fingerprint density at radius 2 is 1.90 bits per heavy atom. The fraction of sp³-hybridized carbons (Fsp3) is 0.353. The summed E-state index contributed by atoms with van der Waals surface area (Å²) in [5.41, 5.74) is 2.37. The summed E-state index contributed by atoms with van der Waals surface area (Å²) < 4.78 is 5.55. The van der Waals surface area contributed by atoms with Gasteiger partial charge in [0.1, 0.15) is 5.75 Å². The van der Waals surface area contributed by atoms with Gasteiger partial charge in [-0.1, -0.05) is 19.1 Å². The second-order valence-electron chi connectivity index (χ2n) is 4.65. The van der Waals surface area contributed by atoms with Gasteiger partial charge in [-0.3, -0.25) is 4.98 Å². The van der Waals surface area contributed by atoms with Gasteiger partial charge in [-0.2, -0.15) is 0 Å². The first-order valence-corrected chi connectivity index (χ1v) is 8.46. The topological polar surface area (TPSA) is 34.2 Å². The van der Waals surface area contributed by atoms with E-state index in [2.05, 4.69) is 53.8 Å². The number of hydrogen-bond donors (Lipinski definition) is 1. The van der Waals surface area contributed by atoms with Crippen LogP contribution in [0.1, 0.15) is 31.0 Å². The Hall–Kier alpha value is -1.52. The summed E-state index contributed by atoms with van der Waals surface area (Å²) >= 11 is 1.75. The normalized spacial score (nSPS) is 12.1. The van der Waals surface area contributed by atoms with Crippen LogP contribution in [0.25, 0.3) is 0 Å². The predicted octanol–water partition coefficient (Wildman–Crippen LogP) is 3.90. The maximum Gasteiger partial charge on any atom is 0.137 e. The molecule has 1 heterocycles. The minimum absolute atomic E-state index is 0.138. The molecule has 2 rings (SSSR count). The number of nitrogens with one attached hydrogen (secondary N) is 1. The van der Waals surface area contributed by atoms with Crippen LogP contribution in [0.3, 0.4) is 0 Å². The van der Waals surface area contributed by atoms with Crippen molar-refractivity contribution in [2.75, 3.05) is 19.4 Å². The first-order chi connectivity index (χ1) is 10.3. The molecule has 1 unspecified atom stereocenters. The molecule has 21 heavy (non-hydrogen) atoms. The van der Waals surface area contributed by atoms with Crippen LogP contribution in [0.15, 0.2) is 47.6 Å². The van der Waals surface area contributed by atoms with Crippen LogP contribution in [0.2, 0.25) is 0 Å². The van der Waals surface area contributed by atoms with E-state index in [0.717, 1.165) is 17.9 Å². The fourth-order valence-electron chi connectivity index (χ4n) is 2.27. The number of aromatic nitrogens is 1. The van der Waals surface area contributed by atoms with E-state index < -0.39 is 0 Å². The highest BCUT2D eigenvalue weighted by molar-refractivity contribution is 7.98. The number of nitrogens with zero attached hydrogens (tertiary/aromatic N) is 1. The minimum Gasteiger partial charge on any atom is -0.492 e. The molecule has 0 bridgehead atoms. The van der Waals surface area contributed by atoms with Gasteiger partial charge in [0, 0.05) is 11.1 Å². The summed E-state index contributed by atoms with van der Waals surface area (Å²) in [7, 11) is 0. The van der Waals surface area contributed by atoms with E-state index in [-0.39, 0.29) is 6.04 Å². The first-order valence-electron chi connectivity index (χ1n) is 7.23. The van der Waals surface area contributed by atoms with E-state index in [1.807, 2.05) is 13.1 Å². The van der Waals surface area contributed by atoms with E-state index >= 15 is 0 Å². The Kier molecular flexibility index (Phi) is 6.08. The SMILES string of the molecule is CCNC(c1ccc(SC)cc1)c1cncc(OCC)c1. The first kappa shape index (κ1) is 15.9. The molecule has 4 heteroatoms. The van der Waals surface area contributed by atoms with Gasteiger partial charge in [-0.15, -0.1) is 11.8 Å². The fourth-order valence-corrected chi connectivity index (χ4v) is 2.68. The minimum atomic E-state index is 0.138. The monoisotopic (exact) mass is 302 g/mol. The number of ether oxygens (including phenoxy) is 1. The van der Waals surface area contributed by atoms with Crippen LogP contribution < -0.4 is 10.1 Å². The zero-order chi connectivity index (χ0) is 15.1. The van der Waals surface area contributed by atoms with Gasteiger partial charge in [0.05, 0.1) is 18.8 Å². The highest BCUT2D eigenvalue weighted by Gasteiger charge is 2.14. The van der Waals surface area contributed by atoms with Gasteiger partial charge in [-0.05, 0) is 49.1 Å². The highest BCUT2D eigenvalue weighted by Crippen LogP contribution is 2.26. The molecule has 0 spiro atoms. The average Bonchev–Trinajstić information content (AvgIpc) is 2.53. The molecule has 0 amide bonds.